The molecule has 0 aliphatic carbocycles. The van der Waals surface area contributed by atoms with Crippen molar-refractivity contribution in [2.24, 2.45) is 0 Å². The summed E-state index contributed by atoms with van der Waals surface area (Å²) in [6, 6.07) is 8.91. The number of aromatic nitrogens is 2. The lowest BCUT2D eigenvalue weighted by Crippen LogP contribution is -1.87. The first-order valence-corrected chi connectivity index (χ1v) is 4.76. The first-order chi connectivity index (χ1) is 6.77. The van der Waals surface area contributed by atoms with Gasteiger partial charge >= 0.3 is 0 Å². The van der Waals surface area contributed by atoms with Crippen molar-refractivity contribution in [3.05, 3.63) is 46.7 Å². The topological polar surface area (TPSA) is 25.8 Å². The largest absolute Gasteiger partial charge is 0.255 e. The summed E-state index contributed by atoms with van der Waals surface area (Å²) in [7, 11) is 0. The standard InChI is InChI=1S/C10H6Cl2N2/c11-7-4-5-9(12)14-10(7)8-3-1-2-6-13-8/h1-6H. The van der Waals surface area contributed by atoms with E-state index in [2.05, 4.69) is 9.97 Å². The summed E-state index contributed by atoms with van der Waals surface area (Å²) in [6.07, 6.45) is 1.69. The molecule has 2 aromatic heterocycles. The van der Waals surface area contributed by atoms with E-state index < -0.39 is 0 Å². The molecular weight excluding hydrogens is 219 g/mol. The van der Waals surface area contributed by atoms with Gasteiger partial charge in [-0.3, -0.25) is 4.98 Å². The van der Waals surface area contributed by atoms with Crippen LogP contribution in [0.25, 0.3) is 11.4 Å². The maximum absolute atomic E-state index is 5.97. The van der Waals surface area contributed by atoms with Crippen molar-refractivity contribution in [2.75, 3.05) is 0 Å². The molecule has 0 atom stereocenters. The van der Waals surface area contributed by atoms with Crippen molar-refractivity contribution in [1.29, 1.82) is 0 Å². The average molecular weight is 225 g/mol. The maximum atomic E-state index is 5.97. The molecule has 0 aliphatic heterocycles. The van der Waals surface area contributed by atoms with Crippen LogP contribution in [0.2, 0.25) is 10.2 Å². The number of pyridine rings is 2. The highest BCUT2D eigenvalue weighted by Gasteiger charge is 2.06. The summed E-state index contributed by atoms with van der Waals surface area (Å²) in [6.45, 7) is 0. The molecule has 0 unspecified atom stereocenters. The lowest BCUT2D eigenvalue weighted by molar-refractivity contribution is 1.25. The predicted molar refractivity (Wildman–Crippen MR) is 57.5 cm³/mol. The first-order valence-electron chi connectivity index (χ1n) is 4.01. The van der Waals surface area contributed by atoms with Gasteiger partial charge in [0, 0.05) is 6.20 Å². The fourth-order valence-corrected chi connectivity index (χ4v) is 1.45. The maximum Gasteiger partial charge on any atom is 0.129 e. The Morgan fingerprint density at radius 2 is 1.86 bits per heavy atom. The van der Waals surface area contributed by atoms with Gasteiger partial charge in [-0.2, -0.15) is 0 Å². The van der Waals surface area contributed by atoms with E-state index in [4.69, 9.17) is 23.2 Å². The Morgan fingerprint density at radius 1 is 1.00 bits per heavy atom. The van der Waals surface area contributed by atoms with Crippen molar-refractivity contribution < 1.29 is 0 Å². The highest BCUT2D eigenvalue weighted by Crippen LogP contribution is 2.25. The Kier molecular flexibility index (Phi) is 2.66. The highest BCUT2D eigenvalue weighted by molar-refractivity contribution is 6.34. The van der Waals surface area contributed by atoms with Gasteiger partial charge < -0.3 is 0 Å². The van der Waals surface area contributed by atoms with E-state index in [0.717, 1.165) is 5.69 Å². The molecule has 0 aliphatic rings. The molecule has 0 saturated heterocycles. The lowest BCUT2D eigenvalue weighted by atomic mass is 10.2. The van der Waals surface area contributed by atoms with E-state index in [1.165, 1.54) is 0 Å². The lowest BCUT2D eigenvalue weighted by Gasteiger charge is -2.01. The number of nitrogens with zero attached hydrogens (tertiary/aromatic N) is 2. The second kappa shape index (κ2) is 3.95. The summed E-state index contributed by atoms with van der Waals surface area (Å²) < 4.78 is 0. The zero-order valence-corrected chi connectivity index (χ0v) is 8.63. The number of hydrogen-bond acceptors (Lipinski definition) is 2. The van der Waals surface area contributed by atoms with Crippen LogP contribution in [0.4, 0.5) is 0 Å². The average Bonchev–Trinajstić information content (AvgIpc) is 2.23. The van der Waals surface area contributed by atoms with Gasteiger partial charge in [0.25, 0.3) is 0 Å². The summed E-state index contributed by atoms with van der Waals surface area (Å²) in [5.74, 6) is 0. The van der Waals surface area contributed by atoms with Crippen molar-refractivity contribution in [2.45, 2.75) is 0 Å². The van der Waals surface area contributed by atoms with Crippen molar-refractivity contribution >= 4 is 23.2 Å². The number of hydrogen-bond donors (Lipinski definition) is 0. The Labute approximate surface area is 91.5 Å². The van der Waals surface area contributed by atoms with Crippen LogP contribution in [-0.2, 0) is 0 Å². The Bertz CT molecular complexity index is 443. The third-order valence-electron chi connectivity index (χ3n) is 1.72. The van der Waals surface area contributed by atoms with Gasteiger partial charge in [-0.15, -0.1) is 0 Å². The van der Waals surface area contributed by atoms with Crippen LogP contribution in [0.1, 0.15) is 0 Å². The van der Waals surface area contributed by atoms with Crippen molar-refractivity contribution in [3.63, 3.8) is 0 Å². The molecule has 0 amide bonds. The van der Waals surface area contributed by atoms with Gasteiger partial charge in [0.05, 0.1) is 10.7 Å². The molecule has 4 heteroatoms. The van der Waals surface area contributed by atoms with Crippen LogP contribution in [0.15, 0.2) is 36.5 Å². The third-order valence-corrected chi connectivity index (χ3v) is 2.24. The quantitative estimate of drug-likeness (QED) is 0.694. The van der Waals surface area contributed by atoms with Crippen molar-refractivity contribution in [1.82, 2.24) is 9.97 Å². The molecule has 0 spiro atoms. The molecule has 2 rings (SSSR count). The van der Waals surface area contributed by atoms with Gasteiger partial charge in [-0.05, 0) is 24.3 Å². The predicted octanol–water partition coefficient (Wildman–Crippen LogP) is 3.45. The second-order valence-electron chi connectivity index (χ2n) is 2.68. The number of rotatable bonds is 1. The molecule has 0 fully saturated rings. The fourth-order valence-electron chi connectivity index (χ4n) is 1.10. The van der Waals surface area contributed by atoms with Gasteiger partial charge in [0.15, 0.2) is 0 Å². The second-order valence-corrected chi connectivity index (χ2v) is 3.47. The van der Waals surface area contributed by atoms with Crippen LogP contribution < -0.4 is 0 Å². The molecule has 70 valence electrons. The summed E-state index contributed by atoms with van der Waals surface area (Å²) >= 11 is 11.7. The molecule has 0 bridgehead atoms. The Hall–Kier alpha value is -1.12. The first kappa shape index (κ1) is 9.44. The van der Waals surface area contributed by atoms with Gasteiger partial charge in [-0.1, -0.05) is 29.3 Å². The third kappa shape index (κ3) is 1.86. The zero-order valence-electron chi connectivity index (χ0n) is 7.11. The highest BCUT2D eigenvalue weighted by atomic mass is 35.5. The van der Waals surface area contributed by atoms with E-state index in [9.17, 15) is 0 Å². The Morgan fingerprint density at radius 3 is 2.57 bits per heavy atom. The van der Waals surface area contributed by atoms with Crippen molar-refractivity contribution in [3.8, 4) is 11.4 Å². The van der Waals surface area contributed by atoms with Crippen LogP contribution in [0.5, 0.6) is 0 Å². The van der Waals surface area contributed by atoms with Crippen LogP contribution in [0, 0.1) is 0 Å². The molecule has 2 nitrogen and oxygen atoms in total. The molecule has 0 aromatic carbocycles. The van der Waals surface area contributed by atoms with E-state index in [0.29, 0.717) is 15.9 Å². The molecular formula is C10H6Cl2N2. The van der Waals surface area contributed by atoms with E-state index in [1.807, 2.05) is 18.2 Å². The minimum Gasteiger partial charge on any atom is -0.255 e. The SMILES string of the molecule is Clc1ccc(Cl)c(-c2ccccn2)n1. The molecule has 0 saturated carbocycles. The molecule has 0 radical (unpaired) electrons. The molecule has 2 aromatic rings. The van der Waals surface area contributed by atoms with E-state index >= 15 is 0 Å². The molecule has 14 heavy (non-hydrogen) atoms. The molecule has 0 N–H and O–H groups in total. The summed E-state index contributed by atoms with van der Waals surface area (Å²) in [5.41, 5.74) is 1.33. The summed E-state index contributed by atoms with van der Waals surface area (Å²) in [5, 5.41) is 0.961. The fraction of sp³-hybridized carbons (Fsp3) is 0. The normalized spacial score (nSPS) is 10.1. The Balaban J connectivity index is 2.57. The minimum absolute atomic E-state index is 0.412. The van der Waals surface area contributed by atoms with E-state index in [-0.39, 0.29) is 0 Å². The van der Waals surface area contributed by atoms with Gasteiger partial charge in [0.2, 0.25) is 0 Å². The van der Waals surface area contributed by atoms with Gasteiger partial charge in [-0.25, -0.2) is 4.98 Å². The van der Waals surface area contributed by atoms with Gasteiger partial charge in [0.1, 0.15) is 10.8 Å². The minimum atomic E-state index is 0.412. The zero-order chi connectivity index (χ0) is 9.97. The summed E-state index contributed by atoms with van der Waals surface area (Å²) in [4.78, 5) is 8.26. The van der Waals surface area contributed by atoms with Crippen LogP contribution in [-0.4, -0.2) is 9.97 Å². The smallest absolute Gasteiger partial charge is 0.129 e. The number of halogens is 2. The van der Waals surface area contributed by atoms with Crippen LogP contribution >= 0.6 is 23.2 Å². The monoisotopic (exact) mass is 224 g/mol. The molecule has 2 heterocycles. The van der Waals surface area contributed by atoms with E-state index in [1.54, 1.807) is 18.3 Å². The van der Waals surface area contributed by atoms with Crippen LogP contribution in [0.3, 0.4) is 0 Å².